The maximum absolute atomic E-state index is 13.2. The number of ether oxygens (including phenoxy) is 1. The van der Waals surface area contributed by atoms with Gasteiger partial charge in [0.25, 0.3) is 17.7 Å². The first-order valence-corrected chi connectivity index (χ1v) is 12.3. The number of anilines is 2. The van der Waals surface area contributed by atoms with Gasteiger partial charge in [-0.15, -0.1) is 0 Å². The van der Waals surface area contributed by atoms with Crippen LogP contribution in [0.4, 0.5) is 16.2 Å². The van der Waals surface area contributed by atoms with E-state index in [1.54, 1.807) is 36.4 Å². The molecular weight excluding hydrogens is 618 g/mol. The summed E-state index contributed by atoms with van der Waals surface area (Å²) in [6.07, 6.45) is 1.30. The van der Waals surface area contributed by atoms with Crippen molar-refractivity contribution in [3.05, 3.63) is 91.8 Å². The van der Waals surface area contributed by atoms with E-state index >= 15 is 0 Å². The van der Waals surface area contributed by atoms with E-state index in [1.165, 1.54) is 30.3 Å². The Morgan fingerprint density at radius 1 is 1.03 bits per heavy atom. The van der Waals surface area contributed by atoms with Gasteiger partial charge in [0.05, 0.1) is 10.2 Å². The van der Waals surface area contributed by atoms with Crippen LogP contribution < -0.4 is 20.3 Å². The maximum Gasteiger partial charge on any atom is 0.335 e. The number of urea groups is 1. The van der Waals surface area contributed by atoms with Crippen molar-refractivity contribution in [2.45, 2.75) is 0 Å². The molecule has 0 spiro atoms. The van der Waals surface area contributed by atoms with Gasteiger partial charge in [0.2, 0.25) is 0 Å². The van der Waals surface area contributed by atoms with Gasteiger partial charge in [0, 0.05) is 20.7 Å². The van der Waals surface area contributed by atoms with E-state index in [4.69, 9.17) is 16.3 Å². The molecule has 0 radical (unpaired) electrons. The normalized spacial score (nSPS) is 14.6. The van der Waals surface area contributed by atoms with Crippen molar-refractivity contribution in [3.63, 3.8) is 0 Å². The summed E-state index contributed by atoms with van der Waals surface area (Å²) in [5.74, 6) is -1.86. The van der Waals surface area contributed by atoms with E-state index < -0.39 is 23.8 Å². The molecule has 1 saturated heterocycles. The third kappa shape index (κ3) is 5.84. The van der Waals surface area contributed by atoms with Crippen molar-refractivity contribution >= 4 is 84.7 Å². The van der Waals surface area contributed by atoms with Gasteiger partial charge in [-0.05, 0) is 70.5 Å². The maximum atomic E-state index is 13.2. The highest BCUT2D eigenvalue weighted by molar-refractivity contribution is 9.11. The van der Waals surface area contributed by atoms with Crippen LogP contribution in [0.1, 0.15) is 5.56 Å². The van der Waals surface area contributed by atoms with Crippen LogP contribution in [0.2, 0.25) is 5.02 Å². The second-order valence-electron chi connectivity index (χ2n) is 7.44. The molecule has 2 N–H and O–H groups in total. The molecule has 5 amide bonds. The predicted molar refractivity (Wildman–Crippen MR) is 143 cm³/mol. The number of para-hydroxylation sites is 1. The molecule has 1 aliphatic rings. The second kappa shape index (κ2) is 11.1. The summed E-state index contributed by atoms with van der Waals surface area (Å²) in [4.78, 5) is 51.5. The lowest BCUT2D eigenvalue weighted by atomic mass is 10.1. The molecule has 0 aromatic heterocycles. The van der Waals surface area contributed by atoms with Crippen LogP contribution in [0, 0.1) is 0 Å². The Labute approximate surface area is 227 Å². The van der Waals surface area contributed by atoms with Crippen molar-refractivity contribution in [3.8, 4) is 5.75 Å². The standard InChI is InChI=1S/C25H16Br2ClN3O5/c26-15-10-14(22(20(27)12-15)36-13-21(32)29-17-4-2-1-3-5-17)11-19-23(33)30-25(35)31(24(19)34)18-8-6-16(28)7-9-18/h1-12H,13H2,(H,29,32)(H,30,33,35)/b19-11-. The molecule has 4 rings (SSSR count). The molecule has 0 saturated carbocycles. The fourth-order valence-electron chi connectivity index (χ4n) is 3.33. The number of barbiturate groups is 1. The van der Waals surface area contributed by atoms with Crippen LogP contribution in [0.5, 0.6) is 5.75 Å². The first-order valence-electron chi connectivity index (χ1n) is 10.4. The minimum Gasteiger partial charge on any atom is -0.482 e. The fourth-order valence-corrected chi connectivity index (χ4v) is 4.83. The summed E-state index contributed by atoms with van der Waals surface area (Å²) in [6, 6.07) is 17.3. The molecule has 3 aromatic rings. The monoisotopic (exact) mass is 631 g/mol. The highest BCUT2D eigenvalue weighted by Crippen LogP contribution is 2.35. The molecule has 182 valence electrons. The molecule has 3 aromatic carbocycles. The van der Waals surface area contributed by atoms with Crippen LogP contribution in [0.25, 0.3) is 6.08 Å². The molecule has 1 heterocycles. The second-order valence-corrected chi connectivity index (χ2v) is 9.65. The third-order valence-corrected chi connectivity index (χ3v) is 6.23. The lowest BCUT2D eigenvalue weighted by molar-refractivity contribution is -0.122. The van der Waals surface area contributed by atoms with Crippen molar-refractivity contribution < 1.29 is 23.9 Å². The Morgan fingerprint density at radius 2 is 1.72 bits per heavy atom. The van der Waals surface area contributed by atoms with Gasteiger partial charge in [0.1, 0.15) is 11.3 Å². The molecule has 1 aliphatic heterocycles. The van der Waals surface area contributed by atoms with E-state index in [-0.39, 0.29) is 23.6 Å². The molecule has 8 nitrogen and oxygen atoms in total. The summed E-state index contributed by atoms with van der Waals surface area (Å²) in [5, 5.41) is 5.31. The number of rotatable bonds is 6. The van der Waals surface area contributed by atoms with E-state index in [9.17, 15) is 19.2 Å². The average molecular weight is 634 g/mol. The Hall–Kier alpha value is -3.47. The quantitative estimate of drug-likeness (QED) is 0.274. The highest BCUT2D eigenvalue weighted by Gasteiger charge is 2.37. The average Bonchev–Trinajstić information content (AvgIpc) is 2.83. The summed E-state index contributed by atoms with van der Waals surface area (Å²) in [5.41, 5.74) is 0.880. The van der Waals surface area contributed by atoms with Crippen LogP contribution in [0.15, 0.2) is 81.2 Å². The van der Waals surface area contributed by atoms with Crippen molar-refractivity contribution in [1.82, 2.24) is 5.32 Å². The van der Waals surface area contributed by atoms with Gasteiger partial charge < -0.3 is 10.1 Å². The number of hydrogen-bond donors (Lipinski definition) is 2. The van der Waals surface area contributed by atoms with Gasteiger partial charge in [-0.25, -0.2) is 9.69 Å². The fraction of sp³-hybridized carbons (Fsp3) is 0.0400. The molecule has 0 unspecified atom stereocenters. The minimum absolute atomic E-state index is 0.226. The van der Waals surface area contributed by atoms with E-state index in [1.807, 2.05) is 6.07 Å². The van der Waals surface area contributed by atoms with Crippen molar-refractivity contribution in [2.75, 3.05) is 16.8 Å². The topological polar surface area (TPSA) is 105 Å². The van der Waals surface area contributed by atoms with E-state index in [0.717, 1.165) is 4.90 Å². The zero-order chi connectivity index (χ0) is 25.8. The Kier molecular flexibility index (Phi) is 7.88. The van der Waals surface area contributed by atoms with Crippen LogP contribution in [0.3, 0.4) is 0 Å². The number of benzene rings is 3. The number of carbonyl (C=O) groups excluding carboxylic acids is 4. The molecule has 0 aliphatic carbocycles. The van der Waals surface area contributed by atoms with Gasteiger partial charge >= 0.3 is 6.03 Å². The SMILES string of the molecule is O=C(COc1c(Br)cc(Br)cc1/C=C1/C(=O)NC(=O)N(c2ccc(Cl)cc2)C1=O)Nc1ccccc1. The summed E-state index contributed by atoms with van der Waals surface area (Å²) in [7, 11) is 0. The molecule has 11 heteroatoms. The van der Waals surface area contributed by atoms with Gasteiger partial charge in [0.15, 0.2) is 6.61 Å². The zero-order valence-electron chi connectivity index (χ0n) is 18.3. The number of hydrogen-bond acceptors (Lipinski definition) is 5. The van der Waals surface area contributed by atoms with Crippen molar-refractivity contribution in [2.24, 2.45) is 0 Å². The number of imide groups is 2. The molecule has 0 bridgehead atoms. The Bertz CT molecular complexity index is 1390. The summed E-state index contributed by atoms with van der Waals surface area (Å²) >= 11 is 12.7. The Balaban J connectivity index is 1.63. The lowest BCUT2D eigenvalue weighted by Crippen LogP contribution is -2.54. The van der Waals surface area contributed by atoms with Crippen LogP contribution in [-0.2, 0) is 14.4 Å². The molecule has 36 heavy (non-hydrogen) atoms. The number of halogens is 3. The first-order chi connectivity index (χ1) is 17.2. The molecule has 1 fully saturated rings. The number of nitrogens with zero attached hydrogens (tertiary/aromatic N) is 1. The number of amides is 5. The van der Waals surface area contributed by atoms with Crippen molar-refractivity contribution in [1.29, 1.82) is 0 Å². The van der Waals surface area contributed by atoms with Gasteiger partial charge in [-0.1, -0.05) is 45.7 Å². The van der Waals surface area contributed by atoms with Crippen LogP contribution in [-0.4, -0.2) is 30.4 Å². The predicted octanol–water partition coefficient (Wildman–Crippen LogP) is 5.55. The lowest BCUT2D eigenvalue weighted by Gasteiger charge is -2.26. The van der Waals surface area contributed by atoms with E-state index in [2.05, 4.69) is 42.5 Å². The van der Waals surface area contributed by atoms with E-state index in [0.29, 0.717) is 25.2 Å². The molecular formula is C25H16Br2ClN3O5. The van der Waals surface area contributed by atoms with Gasteiger partial charge in [-0.3, -0.25) is 19.7 Å². The van der Waals surface area contributed by atoms with Crippen LogP contribution >= 0.6 is 43.5 Å². The third-order valence-electron chi connectivity index (χ3n) is 4.93. The summed E-state index contributed by atoms with van der Waals surface area (Å²) < 4.78 is 6.85. The minimum atomic E-state index is -0.881. The molecule has 0 atom stereocenters. The zero-order valence-corrected chi connectivity index (χ0v) is 22.2. The first kappa shape index (κ1) is 25.6. The number of nitrogens with one attached hydrogen (secondary N) is 2. The highest BCUT2D eigenvalue weighted by atomic mass is 79.9. The largest absolute Gasteiger partial charge is 0.482 e. The van der Waals surface area contributed by atoms with Gasteiger partial charge in [-0.2, -0.15) is 0 Å². The number of carbonyl (C=O) groups is 4. The smallest absolute Gasteiger partial charge is 0.335 e. The summed E-state index contributed by atoms with van der Waals surface area (Å²) in [6.45, 7) is -0.333. The Morgan fingerprint density at radius 3 is 2.42 bits per heavy atom.